The summed E-state index contributed by atoms with van der Waals surface area (Å²) in [6.07, 6.45) is 12.4. The second-order valence-corrected chi connectivity index (χ2v) is 6.04. The van der Waals surface area contributed by atoms with Crippen molar-refractivity contribution in [2.75, 3.05) is 12.0 Å². The van der Waals surface area contributed by atoms with Crippen LogP contribution in [-0.4, -0.2) is 22.4 Å². The van der Waals surface area contributed by atoms with Gasteiger partial charge in [0.05, 0.1) is 0 Å². The summed E-state index contributed by atoms with van der Waals surface area (Å²) in [6, 6.07) is 2.02. The predicted octanol–water partition coefficient (Wildman–Crippen LogP) is 3.93. The van der Waals surface area contributed by atoms with E-state index in [0.717, 1.165) is 31.4 Å². The molecule has 2 nitrogen and oxygen atoms in total. The summed E-state index contributed by atoms with van der Waals surface area (Å²) < 4.78 is 2.31. The Kier molecular flexibility index (Phi) is 5.36. The van der Waals surface area contributed by atoms with E-state index in [-0.39, 0.29) is 0 Å². The van der Waals surface area contributed by atoms with Crippen molar-refractivity contribution in [1.82, 2.24) is 4.57 Å². The molecular weight excluding hydrogens is 242 g/mol. The van der Waals surface area contributed by atoms with E-state index in [1.54, 1.807) is 0 Å². The zero-order chi connectivity index (χ0) is 12.8. The fourth-order valence-electron chi connectivity index (χ4n) is 2.68. The number of hydrogen-bond acceptors (Lipinski definition) is 2. The first-order valence-corrected chi connectivity index (χ1v) is 8.42. The lowest BCUT2D eigenvalue weighted by molar-refractivity contribution is 0.0971. The number of unbranched alkanes of at least 4 members (excludes halogenated alkanes) is 3. The smallest absolute Gasteiger partial charge is 0.164 e. The zero-order valence-corrected chi connectivity index (χ0v) is 12.1. The van der Waals surface area contributed by atoms with Gasteiger partial charge in [-0.1, -0.05) is 12.8 Å². The van der Waals surface area contributed by atoms with Crippen LogP contribution < -0.4 is 0 Å². The SMILES string of the molecule is CSCCCCCCn1ccc2c1CCCC2=O. The summed E-state index contributed by atoms with van der Waals surface area (Å²) in [5.74, 6) is 1.63. The summed E-state index contributed by atoms with van der Waals surface area (Å²) in [7, 11) is 0. The van der Waals surface area contributed by atoms with E-state index in [2.05, 4.69) is 17.0 Å². The lowest BCUT2D eigenvalue weighted by atomic mass is 9.97. The average molecular weight is 265 g/mol. The van der Waals surface area contributed by atoms with Gasteiger partial charge in [-0.05, 0) is 43.8 Å². The molecule has 18 heavy (non-hydrogen) atoms. The Morgan fingerprint density at radius 2 is 2.06 bits per heavy atom. The van der Waals surface area contributed by atoms with Gasteiger partial charge >= 0.3 is 0 Å². The number of carbonyl (C=O) groups is 1. The first-order chi connectivity index (χ1) is 8.83. The minimum absolute atomic E-state index is 0.343. The Bertz CT molecular complexity index is 397. The molecule has 0 radical (unpaired) electrons. The number of nitrogens with zero attached hydrogens (tertiary/aromatic N) is 1. The number of aromatic nitrogens is 1. The molecule has 0 saturated carbocycles. The Morgan fingerprint density at radius 3 is 2.89 bits per heavy atom. The third kappa shape index (κ3) is 3.41. The van der Waals surface area contributed by atoms with E-state index in [1.165, 1.54) is 37.1 Å². The van der Waals surface area contributed by atoms with Crippen LogP contribution in [0.2, 0.25) is 0 Å². The largest absolute Gasteiger partial charge is 0.351 e. The van der Waals surface area contributed by atoms with Crippen LogP contribution in [0.1, 0.15) is 54.6 Å². The average Bonchev–Trinajstić information content (AvgIpc) is 2.79. The fraction of sp³-hybridized carbons (Fsp3) is 0.667. The molecule has 0 N–H and O–H groups in total. The van der Waals surface area contributed by atoms with Gasteiger partial charge in [0.2, 0.25) is 0 Å². The molecule has 0 atom stereocenters. The summed E-state index contributed by atoms with van der Waals surface area (Å²) in [4.78, 5) is 11.7. The van der Waals surface area contributed by atoms with Gasteiger partial charge < -0.3 is 4.57 Å². The molecule has 1 aromatic rings. The minimum Gasteiger partial charge on any atom is -0.351 e. The van der Waals surface area contributed by atoms with Crippen molar-refractivity contribution in [3.05, 3.63) is 23.5 Å². The van der Waals surface area contributed by atoms with Crippen molar-refractivity contribution >= 4 is 17.5 Å². The molecule has 0 bridgehead atoms. The second kappa shape index (κ2) is 7.03. The summed E-state index contributed by atoms with van der Waals surface area (Å²) in [5.41, 5.74) is 2.28. The van der Waals surface area contributed by atoms with Crippen LogP contribution in [0.3, 0.4) is 0 Å². The topological polar surface area (TPSA) is 22.0 Å². The van der Waals surface area contributed by atoms with Crippen LogP contribution in [0.15, 0.2) is 12.3 Å². The lowest BCUT2D eigenvalue weighted by Crippen LogP contribution is -2.13. The molecule has 100 valence electrons. The molecule has 1 aromatic heterocycles. The molecule has 3 heteroatoms. The molecule has 0 unspecified atom stereocenters. The number of carbonyl (C=O) groups excluding carboxylic acids is 1. The molecule has 0 fully saturated rings. The van der Waals surface area contributed by atoms with Gasteiger partial charge in [0.1, 0.15) is 0 Å². The van der Waals surface area contributed by atoms with E-state index >= 15 is 0 Å². The number of ketones is 1. The normalized spacial score (nSPS) is 14.8. The molecule has 0 aromatic carbocycles. The Morgan fingerprint density at radius 1 is 1.22 bits per heavy atom. The van der Waals surface area contributed by atoms with Gasteiger partial charge in [-0.3, -0.25) is 4.79 Å². The lowest BCUT2D eigenvalue weighted by Gasteiger charge is -2.14. The number of thioether (sulfide) groups is 1. The minimum atomic E-state index is 0.343. The summed E-state index contributed by atoms with van der Waals surface area (Å²) in [5, 5.41) is 0. The number of hydrogen-bond donors (Lipinski definition) is 0. The van der Waals surface area contributed by atoms with Crippen LogP contribution in [0.4, 0.5) is 0 Å². The molecule has 0 spiro atoms. The molecule has 1 aliphatic rings. The second-order valence-electron chi connectivity index (χ2n) is 5.05. The molecule has 2 rings (SSSR count). The van der Waals surface area contributed by atoms with Gasteiger partial charge in [-0.2, -0.15) is 11.8 Å². The van der Waals surface area contributed by atoms with E-state index < -0.39 is 0 Å². The first kappa shape index (κ1) is 13.7. The molecule has 0 amide bonds. The number of fused-ring (bicyclic) bond motifs is 1. The van der Waals surface area contributed by atoms with Crippen molar-refractivity contribution in [3.63, 3.8) is 0 Å². The van der Waals surface area contributed by atoms with Crippen LogP contribution >= 0.6 is 11.8 Å². The van der Waals surface area contributed by atoms with Crippen LogP contribution in [0, 0.1) is 0 Å². The van der Waals surface area contributed by atoms with Crippen molar-refractivity contribution in [2.24, 2.45) is 0 Å². The van der Waals surface area contributed by atoms with Crippen molar-refractivity contribution < 1.29 is 4.79 Å². The van der Waals surface area contributed by atoms with Crippen molar-refractivity contribution in [3.8, 4) is 0 Å². The van der Waals surface area contributed by atoms with Gasteiger partial charge in [0.15, 0.2) is 5.78 Å². The standard InChI is InChI=1S/C15H23NOS/c1-18-12-5-3-2-4-10-16-11-9-13-14(16)7-6-8-15(13)17/h9,11H,2-8,10,12H2,1H3. The predicted molar refractivity (Wildman–Crippen MR) is 78.6 cm³/mol. The molecule has 0 aliphatic heterocycles. The van der Waals surface area contributed by atoms with Crippen LogP contribution in [0.5, 0.6) is 0 Å². The summed E-state index contributed by atoms with van der Waals surface area (Å²) >= 11 is 1.93. The Balaban J connectivity index is 1.78. The maximum atomic E-state index is 11.7. The van der Waals surface area contributed by atoms with E-state index in [4.69, 9.17) is 0 Å². The summed E-state index contributed by atoms with van der Waals surface area (Å²) in [6.45, 7) is 1.09. The van der Waals surface area contributed by atoms with Crippen molar-refractivity contribution in [2.45, 2.75) is 51.5 Å². The highest BCUT2D eigenvalue weighted by molar-refractivity contribution is 7.98. The van der Waals surface area contributed by atoms with Crippen LogP contribution in [0.25, 0.3) is 0 Å². The first-order valence-electron chi connectivity index (χ1n) is 7.03. The van der Waals surface area contributed by atoms with Crippen LogP contribution in [-0.2, 0) is 13.0 Å². The number of rotatable bonds is 7. The third-order valence-electron chi connectivity index (χ3n) is 3.69. The maximum Gasteiger partial charge on any atom is 0.164 e. The highest BCUT2D eigenvalue weighted by atomic mass is 32.2. The van der Waals surface area contributed by atoms with Gasteiger partial charge in [-0.25, -0.2) is 0 Å². The molecule has 1 heterocycles. The quantitative estimate of drug-likeness (QED) is 0.697. The molecular formula is C15H23NOS. The maximum absolute atomic E-state index is 11.7. The van der Waals surface area contributed by atoms with Crippen molar-refractivity contribution in [1.29, 1.82) is 0 Å². The number of Topliss-reactive ketones (excluding diaryl/α,β-unsaturated/α-hetero) is 1. The third-order valence-corrected chi connectivity index (χ3v) is 4.39. The van der Waals surface area contributed by atoms with E-state index in [9.17, 15) is 4.79 Å². The van der Waals surface area contributed by atoms with Gasteiger partial charge in [0.25, 0.3) is 0 Å². The van der Waals surface area contributed by atoms with Gasteiger partial charge in [0, 0.05) is 30.4 Å². The van der Waals surface area contributed by atoms with Gasteiger partial charge in [-0.15, -0.1) is 0 Å². The number of aryl methyl sites for hydroxylation is 1. The molecule has 0 saturated heterocycles. The Labute approximate surface area is 114 Å². The monoisotopic (exact) mass is 265 g/mol. The highest BCUT2D eigenvalue weighted by Crippen LogP contribution is 2.22. The fourth-order valence-corrected chi connectivity index (χ4v) is 3.17. The van der Waals surface area contributed by atoms with E-state index in [0.29, 0.717) is 5.78 Å². The Hall–Kier alpha value is -0.700. The molecule has 1 aliphatic carbocycles. The highest BCUT2D eigenvalue weighted by Gasteiger charge is 2.19. The zero-order valence-electron chi connectivity index (χ0n) is 11.3. The van der Waals surface area contributed by atoms with E-state index in [1.807, 2.05) is 17.8 Å².